The van der Waals surface area contributed by atoms with Crippen molar-refractivity contribution in [3.8, 4) is 0 Å². The van der Waals surface area contributed by atoms with Crippen LogP contribution in [-0.2, 0) is 39.2 Å². The third kappa shape index (κ3) is 8.74. The van der Waals surface area contributed by atoms with Gasteiger partial charge in [0.2, 0.25) is 0 Å². The number of thioether (sulfide) groups is 1. The second-order valence-electron chi connectivity index (χ2n) is 8.53. The number of benzene rings is 2. The number of hydrogen-bond acceptors (Lipinski definition) is 8. The molecule has 206 valence electrons. The van der Waals surface area contributed by atoms with E-state index in [1.807, 2.05) is 24.3 Å². The average molecular weight is 570 g/mol. The first-order valence-electron chi connectivity index (χ1n) is 12.1. The highest BCUT2D eigenvalue weighted by molar-refractivity contribution is 7.98. The zero-order valence-electron chi connectivity index (χ0n) is 22.1. The Morgan fingerprint density at radius 2 is 1.85 bits per heavy atom. The Balaban J connectivity index is 1.61. The minimum atomic E-state index is -0.966. The monoisotopic (exact) mass is 569 g/mol. The zero-order chi connectivity index (χ0) is 28.4. The molecule has 3 rings (SSSR count). The number of H-pyrrole nitrogens is 1. The Kier molecular flexibility index (Phi) is 11.2. The van der Waals surface area contributed by atoms with E-state index in [0.29, 0.717) is 28.5 Å². The van der Waals surface area contributed by atoms with Gasteiger partial charge in [0, 0.05) is 29.4 Å². The van der Waals surface area contributed by atoms with Gasteiger partial charge in [-0.2, -0.15) is 0 Å². The van der Waals surface area contributed by atoms with Gasteiger partial charge >= 0.3 is 5.97 Å². The molecule has 3 aromatic rings. The molecule has 1 heterocycles. The van der Waals surface area contributed by atoms with Crippen LogP contribution in [-0.4, -0.2) is 51.8 Å². The smallest absolute Gasteiger partial charge is 0.338 e. The van der Waals surface area contributed by atoms with Crippen molar-refractivity contribution < 1.29 is 23.3 Å². The molecule has 39 heavy (non-hydrogen) atoms. The third-order valence-electron chi connectivity index (χ3n) is 5.47. The first-order chi connectivity index (χ1) is 18.7. The Morgan fingerprint density at radius 1 is 1.13 bits per heavy atom. The third-order valence-corrected chi connectivity index (χ3v) is 6.89. The molecule has 1 amide bonds. The Bertz CT molecular complexity index is 1420. The first-order valence-corrected chi connectivity index (χ1v) is 15.0. The number of hydrogen-bond donors (Lipinski definition) is 2. The van der Waals surface area contributed by atoms with E-state index in [1.165, 1.54) is 11.8 Å². The summed E-state index contributed by atoms with van der Waals surface area (Å²) in [7, 11) is -0.966. The van der Waals surface area contributed by atoms with Gasteiger partial charge in [-0.3, -0.25) is 13.8 Å². The number of ether oxygens (including phenoxy) is 2. The lowest BCUT2D eigenvalue weighted by atomic mass is 10.1. The summed E-state index contributed by atoms with van der Waals surface area (Å²) in [4.78, 5) is 44.3. The number of carbonyl (C=O) groups is 2. The standard InChI is InChI=1S/C28H31N3O6S2/c1-5-37-28(34)22-11-9-19(10-12-22)16-36-15-18(2)23-25(32)30-24(31-27(23)38-3)26(33)29-14-20-7-6-8-21(13-20)17-39(4)35/h6-13H,2,5,14-17H2,1,3-4H3,(H,29,33)(H,30,31,32). The van der Waals surface area contributed by atoms with Crippen LogP contribution in [0.1, 0.15) is 50.2 Å². The lowest BCUT2D eigenvalue weighted by Crippen LogP contribution is -2.29. The molecule has 0 radical (unpaired) electrons. The average Bonchev–Trinajstić information content (AvgIpc) is 2.91. The zero-order valence-corrected chi connectivity index (χ0v) is 23.7. The predicted molar refractivity (Wildman–Crippen MR) is 153 cm³/mol. The number of nitrogens with one attached hydrogen (secondary N) is 2. The fourth-order valence-electron chi connectivity index (χ4n) is 3.67. The molecule has 0 saturated carbocycles. The number of amides is 1. The quantitative estimate of drug-likeness (QED) is 0.181. The van der Waals surface area contributed by atoms with Crippen molar-refractivity contribution in [1.29, 1.82) is 0 Å². The SMILES string of the molecule is C=C(COCc1ccc(C(=O)OCC)cc1)c1c(SC)nc(C(=O)NCc2cccc(CS(C)=O)c2)[nH]c1=O. The van der Waals surface area contributed by atoms with Crippen LogP contribution >= 0.6 is 11.8 Å². The van der Waals surface area contributed by atoms with Crippen LogP contribution in [0.3, 0.4) is 0 Å². The molecular formula is C28H31N3O6S2. The van der Waals surface area contributed by atoms with Gasteiger partial charge in [0.25, 0.3) is 11.5 Å². The predicted octanol–water partition coefficient (Wildman–Crippen LogP) is 3.71. The minimum Gasteiger partial charge on any atom is -0.462 e. The Labute approximate surface area is 233 Å². The van der Waals surface area contributed by atoms with E-state index in [0.717, 1.165) is 16.7 Å². The van der Waals surface area contributed by atoms with E-state index in [9.17, 15) is 18.6 Å². The van der Waals surface area contributed by atoms with E-state index in [1.54, 1.807) is 43.7 Å². The summed E-state index contributed by atoms with van der Waals surface area (Å²) in [6.07, 6.45) is 3.40. The lowest BCUT2D eigenvalue weighted by molar-refractivity contribution is 0.0526. The van der Waals surface area contributed by atoms with Crippen LogP contribution in [0.5, 0.6) is 0 Å². The van der Waals surface area contributed by atoms with Crippen LogP contribution in [0.15, 0.2) is 64.9 Å². The van der Waals surface area contributed by atoms with Crippen molar-refractivity contribution in [3.05, 3.63) is 99.1 Å². The minimum absolute atomic E-state index is 0.0718. The lowest BCUT2D eigenvalue weighted by Gasteiger charge is -2.12. The molecule has 0 spiro atoms. The highest BCUT2D eigenvalue weighted by atomic mass is 32.2. The topological polar surface area (TPSA) is 127 Å². The molecule has 1 aromatic heterocycles. The van der Waals surface area contributed by atoms with Crippen LogP contribution in [0.2, 0.25) is 0 Å². The Hall–Kier alpha value is -3.54. The number of nitrogens with zero attached hydrogens (tertiary/aromatic N) is 1. The molecular weight excluding hydrogens is 538 g/mol. The molecule has 2 aromatic carbocycles. The maximum absolute atomic E-state index is 12.9. The van der Waals surface area contributed by atoms with E-state index in [2.05, 4.69) is 21.9 Å². The van der Waals surface area contributed by atoms with Gasteiger partial charge in [-0.05, 0) is 47.6 Å². The summed E-state index contributed by atoms with van der Waals surface area (Å²) in [5, 5.41) is 3.13. The number of rotatable bonds is 13. The molecule has 0 aliphatic heterocycles. The normalized spacial score (nSPS) is 11.6. The molecule has 9 nitrogen and oxygen atoms in total. The van der Waals surface area contributed by atoms with Gasteiger partial charge in [-0.1, -0.05) is 43.0 Å². The van der Waals surface area contributed by atoms with Gasteiger partial charge in [-0.25, -0.2) is 9.78 Å². The van der Waals surface area contributed by atoms with E-state index in [4.69, 9.17) is 9.47 Å². The fraction of sp³-hybridized carbons (Fsp3) is 0.286. The molecule has 0 aliphatic carbocycles. The van der Waals surface area contributed by atoms with E-state index >= 15 is 0 Å². The summed E-state index contributed by atoms with van der Waals surface area (Å²) >= 11 is 1.23. The van der Waals surface area contributed by atoms with Crippen LogP contribution in [0, 0.1) is 0 Å². The second kappa shape index (κ2) is 14.6. The fourth-order valence-corrected chi connectivity index (χ4v) is 4.94. The van der Waals surface area contributed by atoms with Crippen LogP contribution < -0.4 is 10.9 Å². The van der Waals surface area contributed by atoms with Crippen molar-refractivity contribution in [3.63, 3.8) is 0 Å². The maximum atomic E-state index is 12.9. The molecule has 0 bridgehead atoms. The van der Waals surface area contributed by atoms with Gasteiger partial charge in [0.05, 0.1) is 30.9 Å². The summed E-state index contributed by atoms with van der Waals surface area (Å²) in [6, 6.07) is 14.3. The molecule has 11 heteroatoms. The molecule has 0 aliphatic rings. The van der Waals surface area contributed by atoms with Gasteiger partial charge in [0.1, 0.15) is 5.03 Å². The maximum Gasteiger partial charge on any atom is 0.338 e. The van der Waals surface area contributed by atoms with Crippen LogP contribution in [0.4, 0.5) is 0 Å². The number of aromatic nitrogens is 2. The summed E-state index contributed by atoms with van der Waals surface area (Å²) in [6.45, 7) is 6.58. The molecule has 0 saturated heterocycles. The number of carbonyl (C=O) groups excluding carboxylic acids is 2. The van der Waals surface area contributed by atoms with Crippen molar-refractivity contribution in [2.45, 2.75) is 30.9 Å². The summed E-state index contributed by atoms with van der Waals surface area (Å²) < 4.78 is 22.2. The highest BCUT2D eigenvalue weighted by Gasteiger charge is 2.18. The largest absolute Gasteiger partial charge is 0.462 e. The Morgan fingerprint density at radius 3 is 2.51 bits per heavy atom. The van der Waals surface area contributed by atoms with Crippen molar-refractivity contribution in [2.75, 3.05) is 25.7 Å². The van der Waals surface area contributed by atoms with Gasteiger partial charge < -0.3 is 19.8 Å². The molecule has 2 N–H and O–H groups in total. The first kappa shape index (κ1) is 30.0. The van der Waals surface area contributed by atoms with Crippen molar-refractivity contribution in [1.82, 2.24) is 15.3 Å². The van der Waals surface area contributed by atoms with Crippen molar-refractivity contribution in [2.24, 2.45) is 0 Å². The van der Waals surface area contributed by atoms with Gasteiger partial charge in [0.15, 0.2) is 5.82 Å². The highest BCUT2D eigenvalue weighted by Crippen LogP contribution is 2.21. The molecule has 1 unspecified atom stereocenters. The van der Waals surface area contributed by atoms with E-state index < -0.39 is 22.3 Å². The second-order valence-corrected chi connectivity index (χ2v) is 10.8. The van der Waals surface area contributed by atoms with E-state index in [-0.39, 0.29) is 37.1 Å². The molecule has 0 fully saturated rings. The number of esters is 1. The molecule has 1 atom stereocenters. The summed E-state index contributed by atoms with van der Waals surface area (Å²) in [5.74, 6) is -0.572. The van der Waals surface area contributed by atoms with Crippen molar-refractivity contribution >= 4 is 40.0 Å². The van der Waals surface area contributed by atoms with Gasteiger partial charge in [-0.15, -0.1) is 11.8 Å². The van der Waals surface area contributed by atoms with Crippen LogP contribution in [0.25, 0.3) is 5.57 Å². The summed E-state index contributed by atoms with van der Waals surface area (Å²) in [5.41, 5.74) is 3.26. The number of aromatic amines is 1.